The quantitative estimate of drug-likeness (QED) is 0.465. The van der Waals surface area contributed by atoms with Gasteiger partial charge >= 0.3 is 0 Å². The number of halogens is 2. The molecule has 2 N–H and O–H groups in total. The number of nitrogens with two attached hydrogens (primary N) is 1. The van der Waals surface area contributed by atoms with E-state index in [2.05, 4.69) is 64.2 Å². The minimum absolute atomic E-state index is 0.265. The number of nitrogen functional groups attached to an aromatic ring is 1. The monoisotopic (exact) mass is 473 g/mol. The van der Waals surface area contributed by atoms with Crippen molar-refractivity contribution in [1.29, 1.82) is 0 Å². The smallest absolute Gasteiger partial charge is 0.220 e. The second-order valence-corrected chi connectivity index (χ2v) is 6.65. The van der Waals surface area contributed by atoms with Gasteiger partial charge in [0, 0.05) is 37.0 Å². The molecule has 0 radical (unpaired) electrons. The average Bonchev–Trinajstić information content (AvgIpc) is 2.85. The minimum atomic E-state index is 0.265. The van der Waals surface area contributed by atoms with Crippen LogP contribution < -0.4 is 5.73 Å². The van der Waals surface area contributed by atoms with Gasteiger partial charge in [0.2, 0.25) is 5.95 Å². The van der Waals surface area contributed by atoms with E-state index in [9.17, 15) is 0 Å². The molecular weight excluding hydrogens is 461 g/mol. The number of ether oxygens (including phenoxy) is 1. The summed E-state index contributed by atoms with van der Waals surface area (Å²) < 4.78 is 9.02. The SMILES string of the molecule is COCCn1cc(-c2nc(N)ncc2I)c2cc(Br)ncc21. The first-order valence-corrected chi connectivity index (χ1v) is 8.39. The van der Waals surface area contributed by atoms with Gasteiger partial charge in [-0.15, -0.1) is 0 Å². The van der Waals surface area contributed by atoms with Crippen LogP contribution in [0.25, 0.3) is 22.2 Å². The lowest BCUT2D eigenvalue weighted by Gasteiger charge is -2.03. The molecule has 0 aromatic carbocycles. The summed E-state index contributed by atoms with van der Waals surface area (Å²) in [7, 11) is 1.69. The van der Waals surface area contributed by atoms with E-state index in [1.807, 2.05) is 12.3 Å². The van der Waals surface area contributed by atoms with Gasteiger partial charge in [-0.25, -0.2) is 15.0 Å². The lowest BCUT2D eigenvalue weighted by Crippen LogP contribution is -2.02. The van der Waals surface area contributed by atoms with E-state index < -0.39 is 0 Å². The fraction of sp³-hybridized carbons (Fsp3) is 0.214. The zero-order valence-corrected chi connectivity index (χ0v) is 15.5. The van der Waals surface area contributed by atoms with Crippen LogP contribution in [-0.2, 0) is 11.3 Å². The number of hydrogen-bond donors (Lipinski definition) is 1. The van der Waals surface area contributed by atoms with Gasteiger partial charge in [-0.1, -0.05) is 0 Å². The summed E-state index contributed by atoms with van der Waals surface area (Å²) in [4.78, 5) is 12.7. The molecule has 8 heteroatoms. The maximum atomic E-state index is 5.75. The van der Waals surface area contributed by atoms with Crippen LogP contribution in [0.5, 0.6) is 0 Å². The Bertz CT molecular complexity index is 835. The largest absolute Gasteiger partial charge is 0.383 e. The third kappa shape index (κ3) is 2.95. The van der Waals surface area contributed by atoms with Crippen molar-refractivity contribution in [2.24, 2.45) is 0 Å². The molecule has 0 aliphatic rings. The molecule has 0 saturated heterocycles. The standard InChI is InChI=1S/C14H13BrIN5O/c1-22-3-2-21-7-9(8-4-12(15)18-6-11(8)21)13-10(16)5-19-14(17)20-13/h4-7H,2-3H2,1H3,(H2,17,19,20). The van der Waals surface area contributed by atoms with Crippen LogP contribution in [-0.4, -0.2) is 33.2 Å². The van der Waals surface area contributed by atoms with Crippen molar-refractivity contribution in [3.63, 3.8) is 0 Å². The van der Waals surface area contributed by atoms with Gasteiger partial charge in [-0.05, 0) is 44.6 Å². The fourth-order valence-corrected chi connectivity index (χ4v) is 3.18. The Balaban J connectivity index is 2.24. The predicted molar refractivity (Wildman–Crippen MR) is 97.5 cm³/mol. The van der Waals surface area contributed by atoms with Gasteiger partial charge in [0.25, 0.3) is 0 Å². The third-order valence-corrected chi connectivity index (χ3v) is 4.51. The molecule has 0 spiro atoms. The Hall–Kier alpha value is -1.26. The van der Waals surface area contributed by atoms with E-state index in [0.717, 1.165) is 36.9 Å². The van der Waals surface area contributed by atoms with Gasteiger partial charge in [0.05, 0.1) is 27.6 Å². The van der Waals surface area contributed by atoms with Crippen molar-refractivity contribution in [3.8, 4) is 11.3 Å². The highest BCUT2D eigenvalue weighted by atomic mass is 127. The lowest BCUT2D eigenvalue weighted by atomic mass is 10.1. The molecule has 0 unspecified atom stereocenters. The van der Waals surface area contributed by atoms with Crippen molar-refractivity contribution in [1.82, 2.24) is 19.5 Å². The number of nitrogens with zero attached hydrogens (tertiary/aromatic N) is 4. The number of hydrogen-bond acceptors (Lipinski definition) is 5. The zero-order chi connectivity index (χ0) is 15.7. The third-order valence-electron chi connectivity index (χ3n) is 3.29. The molecule has 114 valence electrons. The number of aromatic nitrogens is 4. The molecule has 3 rings (SSSR count). The number of anilines is 1. The highest BCUT2D eigenvalue weighted by molar-refractivity contribution is 14.1. The molecule has 0 bridgehead atoms. The van der Waals surface area contributed by atoms with E-state index in [0.29, 0.717) is 6.61 Å². The van der Waals surface area contributed by atoms with Gasteiger partial charge in [-0.3, -0.25) is 0 Å². The van der Waals surface area contributed by atoms with Gasteiger partial charge in [0.15, 0.2) is 0 Å². The summed E-state index contributed by atoms with van der Waals surface area (Å²) >= 11 is 5.65. The first-order valence-electron chi connectivity index (χ1n) is 6.52. The summed E-state index contributed by atoms with van der Waals surface area (Å²) in [6.45, 7) is 1.37. The van der Waals surface area contributed by atoms with Crippen molar-refractivity contribution in [2.75, 3.05) is 19.5 Å². The van der Waals surface area contributed by atoms with Crippen LogP contribution in [0.2, 0.25) is 0 Å². The van der Waals surface area contributed by atoms with Crippen LogP contribution in [0.4, 0.5) is 5.95 Å². The normalized spacial score (nSPS) is 11.2. The van der Waals surface area contributed by atoms with Gasteiger partial charge in [-0.2, -0.15) is 0 Å². The molecule has 6 nitrogen and oxygen atoms in total. The Kier molecular flexibility index (Phi) is 4.59. The van der Waals surface area contributed by atoms with E-state index in [1.54, 1.807) is 13.3 Å². The average molecular weight is 474 g/mol. The molecule has 3 aromatic heterocycles. The van der Waals surface area contributed by atoms with Crippen molar-refractivity contribution in [3.05, 3.63) is 32.8 Å². The Morgan fingerprint density at radius 1 is 1.36 bits per heavy atom. The Morgan fingerprint density at radius 3 is 2.95 bits per heavy atom. The molecule has 3 aromatic rings. The highest BCUT2D eigenvalue weighted by Gasteiger charge is 2.15. The molecule has 0 aliphatic carbocycles. The van der Waals surface area contributed by atoms with E-state index in [-0.39, 0.29) is 5.95 Å². The highest BCUT2D eigenvalue weighted by Crippen LogP contribution is 2.33. The van der Waals surface area contributed by atoms with Crippen LogP contribution in [0.1, 0.15) is 0 Å². The van der Waals surface area contributed by atoms with Crippen LogP contribution in [0.3, 0.4) is 0 Å². The number of fused-ring (bicyclic) bond motifs is 1. The predicted octanol–water partition coefficient (Wildman–Crippen LogP) is 3.09. The van der Waals surface area contributed by atoms with Crippen LogP contribution in [0, 0.1) is 3.57 Å². The molecule has 0 fully saturated rings. The Morgan fingerprint density at radius 2 is 2.18 bits per heavy atom. The van der Waals surface area contributed by atoms with Crippen molar-refractivity contribution < 1.29 is 4.74 Å². The molecule has 22 heavy (non-hydrogen) atoms. The minimum Gasteiger partial charge on any atom is -0.383 e. The molecule has 0 aliphatic heterocycles. The summed E-state index contributed by atoms with van der Waals surface area (Å²) in [5.74, 6) is 0.265. The summed E-state index contributed by atoms with van der Waals surface area (Å²) in [5, 5.41) is 1.06. The first-order chi connectivity index (χ1) is 10.6. The zero-order valence-electron chi connectivity index (χ0n) is 11.8. The molecule has 0 atom stereocenters. The number of rotatable bonds is 4. The fourth-order valence-electron chi connectivity index (χ4n) is 2.30. The van der Waals surface area contributed by atoms with Gasteiger partial charge < -0.3 is 15.0 Å². The van der Waals surface area contributed by atoms with E-state index in [1.165, 1.54) is 0 Å². The van der Waals surface area contributed by atoms with E-state index in [4.69, 9.17) is 10.5 Å². The second kappa shape index (κ2) is 6.47. The second-order valence-electron chi connectivity index (χ2n) is 4.68. The van der Waals surface area contributed by atoms with Gasteiger partial charge in [0.1, 0.15) is 4.60 Å². The lowest BCUT2D eigenvalue weighted by molar-refractivity contribution is 0.188. The molecule has 0 saturated carbocycles. The Labute approximate surface area is 149 Å². The van der Waals surface area contributed by atoms with Crippen LogP contribution >= 0.6 is 38.5 Å². The van der Waals surface area contributed by atoms with Crippen molar-refractivity contribution >= 4 is 55.4 Å². The maximum Gasteiger partial charge on any atom is 0.220 e. The number of methoxy groups -OCH3 is 1. The van der Waals surface area contributed by atoms with Crippen LogP contribution in [0.15, 0.2) is 29.3 Å². The maximum absolute atomic E-state index is 5.75. The summed E-state index contributed by atoms with van der Waals surface area (Å²) in [6, 6.07) is 1.99. The number of pyridine rings is 1. The topological polar surface area (TPSA) is 78.9 Å². The summed E-state index contributed by atoms with van der Waals surface area (Å²) in [5.41, 5.74) is 8.62. The summed E-state index contributed by atoms with van der Waals surface area (Å²) in [6.07, 6.45) is 5.63. The van der Waals surface area contributed by atoms with Crippen molar-refractivity contribution in [2.45, 2.75) is 6.54 Å². The molecule has 0 amide bonds. The molecular formula is C14H13BrIN5O. The molecule has 3 heterocycles. The first kappa shape index (κ1) is 15.6. The van der Waals surface area contributed by atoms with E-state index >= 15 is 0 Å².